The molecule has 0 radical (unpaired) electrons. The third-order valence-corrected chi connectivity index (χ3v) is 2.81. The molecule has 1 amide bonds. The van der Waals surface area contributed by atoms with Crippen LogP contribution in [0.4, 0.5) is 0 Å². The molecule has 0 aromatic carbocycles. The number of hydrogen-bond acceptors (Lipinski definition) is 5. The molecule has 100 valence electrons. The first-order valence-corrected chi connectivity index (χ1v) is 5.41. The molecule has 8 heteroatoms. The van der Waals surface area contributed by atoms with E-state index in [1.54, 1.807) is 17.5 Å². The number of carbonyl (C=O) groups is 1. The fourth-order valence-electron chi connectivity index (χ4n) is 1.09. The number of aryl methyl sites for hydroxylation is 1. The Bertz CT molecular complexity index is 332. The summed E-state index contributed by atoms with van der Waals surface area (Å²) < 4.78 is 4.91. The van der Waals surface area contributed by atoms with Crippen LogP contribution in [0.2, 0.25) is 0 Å². The van der Waals surface area contributed by atoms with Crippen LogP contribution in [0.1, 0.15) is 9.88 Å². The van der Waals surface area contributed by atoms with Crippen molar-refractivity contribution in [3.8, 4) is 0 Å². The third-order valence-electron chi connectivity index (χ3n) is 1.90. The van der Waals surface area contributed by atoms with E-state index in [2.05, 4.69) is 10.3 Å². The summed E-state index contributed by atoms with van der Waals surface area (Å²) in [4.78, 5) is 16.6. The van der Waals surface area contributed by atoms with Gasteiger partial charge in [0.2, 0.25) is 0 Å². The van der Waals surface area contributed by atoms with Gasteiger partial charge in [0, 0.05) is 24.7 Å². The lowest BCUT2D eigenvalue weighted by Gasteiger charge is -2.11. The van der Waals surface area contributed by atoms with Gasteiger partial charge >= 0.3 is 0 Å². The number of rotatable bonds is 5. The Morgan fingerprint density at radius 2 is 2.29 bits per heavy atom. The van der Waals surface area contributed by atoms with Crippen LogP contribution in [0.3, 0.4) is 0 Å². The molecule has 3 N–H and O–H groups in total. The van der Waals surface area contributed by atoms with Crippen LogP contribution in [0.25, 0.3) is 0 Å². The first-order valence-electron chi connectivity index (χ1n) is 4.59. The summed E-state index contributed by atoms with van der Waals surface area (Å²) in [6.45, 7) is 2.59. The average Bonchev–Trinajstić information content (AvgIpc) is 2.63. The van der Waals surface area contributed by atoms with Crippen LogP contribution in [0.15, 0.2) is 6.20 Å². The second-order valence-corrected chi connectivity index (χ2v) is 4.34. The van der Waals surface area contributed by atoms with E-state index < -0.39 is 6.10 Å². The number of ether oxygens (including phenoxy) is 1. The molecule has 1 heterocycles. The number of hydrogen-bond donors (Lipinski definition) is 2. The molecule has 0 aliphatic carbocycles. The number of nitrogens with zero attached hydrogens (tertiary/aromatic N) is 1. The maximum Gasteiger partial charge on any atom is 0.250 e. The molecule has 1 rings (SSSR count). The second-order valence-electron chi connectivity index (χ2n) is 3.02. The molecule has 0 aliphatic heterocycles. The van der Waals surface area contributed by atoms with Gasteiger partial charge in [-0.05, 0) is 6.92 Å². The Balaban J connectivity index is 0. The summed E-state index contributed by atoms with van der Waals surface area (Å²) in [7, 11) is 1.47. The quantitative estimate of drug-likeness (QED) is 0.846. The van der Waals surface area contributed by atoms with Crippen molar-refractivity contribution in [2.24, 2.45) is 5.73 Å². The first-order chi connectivity index (χ1) is 7.17. The van der Waals surface area contributed by atoms with Crippen LogP contribution in [0, 0.1) is 6.92 Å². The van der Waals surface area contributed by atoms with Gasteiger partial charge in [-0.2, -0.15) is 0 Å². The summed E-state index contributed by atoms with van der Waals surface area (Å²) in [6.07, 6.45) is 1.18. The Morgan fingerprint density at radius 1 is 1.65 bits per heavy atom. The molecule has 0 saturated carbocycles. The smallest absolute Gasteiger partial charge is 0.250 e. The largest absolute Gasteiger partial charge is 0.370 e. The molecule has 0 aliphatic rings. The van der Waals surface area contributed by atoms with Crippen LogP contribution in [-0.4, -0.2) is 30.6 Å². The molecule has 0 bridgehead atoms. The van der Waals surface area contributed by atoms with E-state index >= 15 is 0 Å². The number of amides is 1. The van der Waals surface area contributed by atoms with E-state index in [4.69, 9.17) is 10.5 Å². The van der Waals surface area contributed by atoms with E-state index in [0.29, 0.717) is 6.54 Å². The molecule has 1 unspecified atom stereocenters. The molecule has 0 fully saturated rings. The molecular weight excluding hydrogens is 285 g/mol. The summed E-state index contributed by atoms with van der Waals surface area (Å²) in [6, 6.07) is 0. The van der Waals surface area contributed by atoms with E-state index in [0.717, 1.165) is 9.88 Å². The van der Waals surface area contributed by atoms with E-state index in [-0.39, 0.29) is 37.3 Å². The van der Waals surface area contributed by atoms with Crippen molar-refractivity contribution in [2.45, 2.75) is 19.6 Å². The molecule has 1 aromatic rings. The van der Waals surface area contributed by atoms with Crippen molar-refractivity contribution in [1.82, 2.24) is 10.3 Å². The van der Waals surface area contributed by atoms with E-state index in [1.807, 2.05) is 6.92 Å². The number of nitrogens with two attached hydrogens (primary N) is 1. The van der Waals surface area contributed by atoms with Gasteiger partial charge in [0.15, 0.2) is 0 Å². The zero-order valence-corrected chi connectivity index (χ0v) is 12.1. The monoisotopic (exact) mass is 301 g/mol. The minimum atomic E-state index is -0.570. The maximum atomic E-state index is 11.5. The maximum absolute atomic E-state index is 11.5. The zero-order valence-electron chi connectivity index (χ0n) is 9.63. The lowest BCUT2D eigenvalue weighted by molar-refractivity contribution is -0.130. The SMILES string of the molecule is COC(CN)C(=O)NCc1cnc(C)s1.Cl.Cl. The normalized spacial score (nSPS) is 11.0. The summed E-state index contributed by atoms with van der Waals surface area (Å²) >= 11 is 1.56. The van der Waals surface area contributed by atoms with Crippen molar-refractivity contribution < 1.29 is 9.53 Å². The first kappa shape index (κ1) is 19.0. The van der Waals surface area contributed by atoms with Crippen LogP contribution >= 0.6 is 36.2 Å². The van der Waals surface area contributed by atoms with Gasteiger partial charge in [0.1, 0.15) is 6.10 Å². The number of methoxy groups -OCH3 is 1. The standard InChI is InChI=1S/C9H15N3O2S.2ClH/c1-6-11-4-7(15-6)5-12-9(13)8(3-10)14-2;;/h4,8H,3,5,10H2,1-2H3,(H,12,13);2*1H. The molecule has 17 heavy (non-hydrogen) atoms. The van der Waals surface area contributed by atoms with Gasteiger partial charge in [-0.3, -0.25) is 4.79 Å². The van der Waals surface area contributed by atoms with Gasteiger partial charge in [-0.1, -0.05) is 0 Å². The van der Waals surface area contributed by atoms with Crippen molar-refractivity contribution in [2.75, 3.05) is 13.7 Å². The van der Waals surface area contributed by atoms with Gasteiger partial charge < -0.3 is 15.8 Å². The second kappa shape index (κ2) is 9.61. The van der Waals surface area contributed by atoms with Crippen molar-refractivity contribution in [1.29, 1.82) is 0 Å². The van der Waals surface area contributed by atoms with E-state index in [1.165, 1.54) is 7.11 Å². The molecular formula is C9H17Cl2N3O2S. The van der Waals surface area contributed by atoms with E-state index in [9.17, 15) is 4.79 Å². The summed E-state index contributed by atoms with van der Waals surface area (Å²) in [5.41, 5.74) is 5.36. The third kappa shape index (κ3) is 6.18. The average molecular weight is 302 g/mol. The molecule has 5 nitrogen and oxygen atoms in total. The lowest BCUT2D eigenvalue weighted by Crippen LogP contribution is -2.40. The Hall–Kier alpha value is -0.400. The van der Waals surface area contributed by atoms with Crippen molar-refractivity contribution in [3.05, 3.63) is 16.1 Å². The predicted molar refractivity (Wildman–Crippen MR) is 73.0 cm³/mol. The van der Waals surface area contributed by atoms with Crippen molar-refractivity contribution in [3.63, 3.8) is 0 Å². The molecule has 1 aromatic heterocycles. The number of nitrogens with one attached hydrogen (secondary N) is 1. The number of halogens is 2. The lowest BCUT2D eigenvalue weighted by atomic mass is 10.3. The van der Waals surface area contributed by atoms with Gasteiger partial charge in [0.25, 0.3) is 5.91 Å². The van der Waals surface area contributed by atoms with Crippen LogP contribution in [0.5, 0.6) is 0 Å². The molecule has 1 atom stereocenters. The Labute approximate surface area is 117 Å². The fraction of sp³-hybridized carbons (Fsp3) is 0.556. The highest BCUT2D eigenvalue weighted by atomic mass is 35.5. The summed E-state index contributed by atoms with van der Waals surface area (Å²) in [5.74, 6) is -0.189. The fourth-order valence-corrected chi connectivity index (χ4v) is 1.82. The predicted octanol–water partition coefficient (Wildman–Crippen LogP) is 0.885. The Kier molecular flexibility index (Phi) is 10.7. The number of carbonyl (C=O) groups excluding carboxylic acids is 1. The molecule has 0 saturated heterocycles. The van der Waals surface area contributed by atoms with Gasteiger partial charge in [-0.25, -0.2) is 4.98 Å². The topological polar surface area (TPSA) is 77.2 Å². The minimum absolute atomic E-state index is 0. The van der Waals surface area contributed by atoms with Gasteiger partial charge in [0.05, 0.1) is 11.6 Å². The highest BCUT2D eigenvalue weighted by Crippen LogP contribution is 2.10. The van der Waals surface area contributed by atoms with Gasteiger partial charge in [-0.15, -0.1) is 36.2 Å². The highest BCUT2D eigenvalue weighted by molar-refractivity contribution is 7.11. The molecule has 0 spiro atoms. The summed E-state index contributed by atoms with van der Waals surface area (Å²) in [5, 5.41) is 3.73. The zero-order chi connectivity index (χ0) is 11.3. The Morgan fingerprint density at radius 3 is 2.71 bits per heavy atom. The minimum Gasteiger partial charge on any atom is -0.370 e. The highest BCUT2D eigenvalue weighted by Gasteiger charge is 2.15. The van der Waals surface area contributed by atoms with Crippen molar-refractivity contribution >= 4 is 42.1 Å². The number of thiazole rings is 1. The van der Waals surface area contributed by atoms with Crippen LogP contribution in [-0.2, 0) is 16.1 Å². The number of aromatic nitrogens is 1. The van der Waals surface area contributed by atoms with Crippen LogP contribution < -0.4 is 11.1 Å².